The van der Waals surface area contributed by atoms with Crippen molar-refractivity contribution in [1.82, 2.24) is 14.9 Å². The van der Waals surface area contributed by atoms with E-state index in [0.29, 0.717) is 29.6 Å². The number of piperazine rings is 1. The Bertz CT molecular complexity index is 1110. The third-order valence-electron chi connectivity index (χ3n) is 5.62. The molecule has 0 amide bonds. The predicted molar refractivity (Wildman–Crippen MR) is 132 cm³/mol. The molecule has 0 bridgehead atoms. The van der Waals surface area contributed by atoms with Crippen molar-refractivity contribution in [3.8, 4) is 0 Å². The molecule has 0 spiro atoms. The zero-order valence-corrected chi connectivity index (χ0v) is 19.3. The fourth-order valence-corrected chi connectivity index (χ4v) is 3.71. The first-order valence-corrected chi connectivity index (χ1v) is 11.2. The van der Waals surface area contributed by atoms with Crippen molar-refractivity contribution in [3.63, 3.8) is 0 Å². The van der Waals surface area contributed by atoms with E-state index in [9.17, 15) is 4.79 Å². The van der Waals surface area contributed by atoms with Crippen LogP contribution in [-0.2, 0) is 4.74 Å². The van der Waals surface area contributed by atoms with Gasteiger partial charge in [-0.05, 0) is 51.2 Å². The highest BCUT2D eigenvalue weighted by Crippen LogP contribution is 2.26. The molecular weight excluding hydrogens is 416 g/mol. The summed E-state index contributed by atoms with van der Waals surface area (Å²) < 4.78 is 5.18. The van der Waals surface area contributed by atoms with E-state index in [-0.39, 0.29) is 5.97 Å². The van der Waals surface area contributed by atoms with Gasteiger partial charge in [-0.25, -0.2) is 9.78 Å². The van der Waals surface area contributed by atoms with Crippen molar-refractivity contribution in [2.24, 2.45) is 0 Å². The van der Waals surface area contributed by atoms with E-state index in [1.54, 1.807) is 19.2 Å². The van der Waals surface area contributed by atoms with Gasteiger partial charge in [-0.1, -0.05) is 18.2 Å². The van der Waals surface area contributed by atoms with Crippen molar-refractivity contribution < 1.29 is 9.53 Å². The van der Waals surface area contributed by atoms with E-state index < -0.39 is 0 Å². The van der Waals surface area contributed by atoms with Gasteiger partial charge in [0.25, 0.3) is 0 Å². The van der Waals surface area contributed by atoms with Crippen LogP contribution >= 0.6 is 0 Å². The number of carbonyl (C=O) groups excluding carboxylic acids is 1. The lowest BCUT2D eigenvalue weighted by Crippen LogP contribution is -2.44. The van der Waals surface area contributed by atoms with Crippen LogP contribution in [0.25, 0.3) is 0 Å². The number of likely N-dealkylation sites (N-methyl/N-ethyl adjacent to an activating group) is 1. The van der Waals surface area contributed by atoms with E-state index in [2.05, 4.69) is 49.6 Å². The molecule has 1 aliphatic rings. The molecule has 1 saturated heterocycles. The summed E-state index contributed by atoms with van der Waals surface area (Å²) in [6.45, 7) is 8.17. The number of esters is 1. The van der Waals surface area contributed by atoms with Crippen molar-refractivity contribution in [3.05, 3.63) is 65.9 Å². The van der Waals surface area contributed by atoms with E-state index >= 15 is 0 Å². The van der Waals surface area contributed by atoms with Gasteiger partial charge in [0.1, 0.15) is 5.82 Å². The SMILES string of the molecule is CCOC(=O)c1ccccc1Nc1nc(Nc2cccc(N3CCN(C)CC3)c2)ncc1C. The van der Waals surface area contributed by atoms with Crippen molar-refractivity contribution >= 4 is 34.8 Å². The first-order chi connectivity index (χ1) is 16.0. The largest absolute Gasteiger partial charge is 0.462 e. The van der Waals surface area contributed by atoms with Gasteiger partial charge in [0.05, 0.1) is 17.9 Å². The fraction of sp³-hybridized carbons (Fsp3) is 0.320. The molecule has 0 saturated carbocycles. The summed E-state index contributed by atoms with van der Waals surface area (Å²) in [5, 5.41) is 6.58. The number of rotatable bonds is 7. The average Bonchev–Trinajstić information content (AvgIpc) is 2.82. The number of hydrogen-bond acceptors (Lipinski definition) is 8. The average molecular weight is 447 g/mol. The van der Waals surface area contributed by atoms with Crippen LogP contribution in [0.15, 0.2) is 54.7 Å². The number of hydrogen-bond donors (Lipinski definition) is 2. The smallest absolute Gasteiger partial charge is 0.340 e. The Morgan fingerprint density at radius 3 is 2.64 bits per heavy atom. The molecule has 0 radical (unpaired) electrons. The van der Waals surface area contributed by atoms with Gasteiger partial charge in [0.15, 0.2) is 0 Å². The van der Waals surface area contributed by atoms with Crippen molar-refractivity contribution in [2.75, 3.05) is 55.4 Å². The highest BCUT2D eigenvalue weighted by atomic mass is 16.5. The summed E-state index contributed by atoms with van der Waals surface area (Å²) in [7, 11) is 2.15. The number of aromatic nitrogens is 2. The second-order valence-corrected chi connectivity index (χ2v) is 8.08. The van der Waals surface area contributed by atoms with Crippen LogP contribution in [0.1, 0.15) is 22.8 Å². The maximum absolute atomic E-state index is 12.3. The summed E-state index contributed by atoms with van der Waals surface area (Å²) >= 11 is 0. The molecule has 33 heavy (non-hydrogen) atoms. The summed E-state index contributed by atoms with van der Waals surface area (Å²) in [5.74, 6) is 0.734. The van der Waals surface area contributed by atoms with E-state index in [1.807, 2.05) is 37.3 Å². The lowest BCUT2D eigenvalue weighted by atomic mass is 10.1. The molecule has 4 rings (SSSR count). The van der Waals surface area contributed by atoms with Gasteiger partial charge < -0.3 is 25.2 Å². The van der Waals surface area contributed by atoms with Gasteiger partial charge in [0.2, 0.25) is 5.95 Å². The second-order valence-electron chi connectivity index (χ2n) is 8.08. The maximum atomic E-state index is 12.3. The van der Waals surface area contributed by atoms with Gasteiger partial charge in [-0.3, -0.25) is 0 Å². The molecule has 0 unspecified atom stereocenters. The highest BCUT2D eigenvalue weighted by molar-refractivity contribution is 5.96. The van der Waals surface area contributed by atoms with Crippen LogP contribution in [0.5, 0.6) is 0 Å². The van der Waals surface area contributed by atoms with Crippen LogP contribution in [0.4, 0.5) is 28.8 Å². The van der Waals surface area contributed by atoms with Gasteiger partial charge in [-0.15, -0.1) is 0 Å². The molecule has 1 aromatic heterocycles. The standard InChI is InChI=1S/C25H30N6O2/c1-4-33-24(32)21-10-5-6-11-22(21)28-23-18(2)17-26-25(29-23)27-19-8-7-9-20(16-19)31-14-12-30(3)13-15-31/h5-11,16-17H,4,12-15H2,1-3H3,(H2,26,27,28,29). The molecule has 2 heterocycles. The molecule has 2 N–H and O–H groups in total. The summed E-state index contributed by atoms with van der Waals surface area (Å²) in [6, 6.07) is 15.5. The van der Waals surface area contributed by atoms with E-state index in [4.69, 9.17) is 4.74 Å². The Balaban J connectivity index is 1.52. The normalized spacial score (nSPS) is 14.1. The molecule has 8 nitrogen and oxygen atoms in total. The number of anilines is 5. The van der Waals surface area contributed by atoms with Gasteiger partial charge in [0, 0.05) is 49.3 Å². The van der Waals surface area contributed by atoms with E-state index in [1.165, 1.54) is 5.69 Å². The Morgan fingerprint density at radius 1 is 1.06 bits per heavy atom. The van der Waals surface area contributed by atoms with Gasteiger partial charge in [-0.2, -0.15) is 4.98 Å². The number of benzene rings is 2. The topological polar surface area (TPSA) is 82.6 Å². The number of nitrogens with zero attached hydrogens (tertiary/aromatic N) is 4. The van der Waals surface area contributed by atoms with Crippen LogP contribution in [-0.4, -0.2) is 60.7 Å². The summed E-state index contributed by atoms with van der Waals surface area (Å²) in [5.41, 5.74) is 4.08. The molecule has 172 valence electrons. The fourth-order valence-electron chi connectivity index (χ4n) is 3.71. The Kier molecular flexibility index (Phi) is 7.04. The molecule has 2 aromatic carbocycles. The highest BCUT2D eigenvalue weighted by Gasteiger charge is 2.16. The Hall–Kier alpha value is -3.65. The minimum Gasteiger partial charge on any atom is -0.462 e. The second kappa shape index (κ2) is 10.3. The first-order valence-electron chi connectivity index (χ1n) is 11.2. The summed E-state index contributed by atoms with van der Waals surface area (Å²) in [4.78, 5) is 26.1. The van der Waals surface area contributed by atoms with Crippen molar-refractivity contribution in [2.45, 2.75) is 13.8 Å². The minimum atomic E-state index is -0.369. The predicted octanol–water partition coefficient (Wildman–Crippen LogP) is 4.20. The number of para-hydroxylation sites is 1. The van der Waals surface area contributed by atoms with Crippen LogP contribution in [0, 0.1) is 6.92 Å². The molecule has 0 aliphatic carbocycles. The molecular formula is C25H30N6O2. The quantitative estimate of drug-likeness (QED) is 0.523. The molecule has 3 aromatic rings. The number of nitrogens with one attached hydrogen (secondary N) is 2. The lowest BCUT2D eigenvalue weighted by molar-refractivity contribution is 0.0527. The number of carbonyl (C=O) groups is 1. The van der Waals surface area contributed by atoms with Crippen LogP contribution in [0.2, 0.25) is 0 Å². The lowest BCUT2D eigenvalue weighted by Gasteiger charge is -2.34. The Morgan fingerprint density at radius 2 is 1.85 bits per heavy atom. The zero-order chi connectivity index (χ0) is 23.2. The van der Waals surface area contributed by atoms with Gasteiger partial charge >= 0.3 is 5.97 Å². The monoisotopic (exact) mass is 446 g/mol. The first kappa shape index (κ1) is 22.5. The zero-order valence-electron chi connectivity index (χ0n) is 19.3. The third-order valence-corrected chi connectivity index (χ3v) is 5.62. The molecule has 8 heteroatoms. The third kappa shape index (κ3) is 5.59. The number of ether oxygens (including phenoxy) is 1. The molecule has 1 aliphatic heterocycles. The maximum Gasteiger partial charge on any atom is 0.340 e. The van der Waals surface area contributed by atoms with Crippen molar-refractivity contribution in [1.29, 1.82) is 0 Å². The van der Waals surface area contributed by atoms with Crippen LogP contribution < -0.4 is 15.5 Å². The number of aryl methyl sites for hydroxylation is 1. The van der Waals surface area contributed by atoms with Crippen LogP contribution in [0.3, 0.4) is 0 Å². The minimum absolute atomic E-state index is 0.320. The molecule has 1 fully saturated rings. The molecule has 0 atom stereocenters. The van der Waals surface area contributed by atoms with E-state index in [0.717, 1.165) is 37.4 Å². The Labute approximate surface area is 194 Å². The summed E-state index contributed by atoms with van der Waals surface area (Å²) in [6.07, 6.45) is 1.76.